The van der Waals surface area contributed by atoms with Crippen LogP contribution in [0.2, 0.25) is 0 Å². The minimum Gasteiger partial charge on any atom is -0.389 e. The highest BCUT2D eigenvalue weighted by atomic mass is 19.1. The zero-order valence-corrected chi connectivity index (χ0v) is 11.5. The Morgan fingerprint density at radius 1 is 1.26 bits per heavy atom. The van der Waals surface area contributed by atoms with Crippen molar-refractivity contribution in [2.24, 2.45) is 5.92 Å². The van der Waals surface area contributed by atoms with Crippen LogP contribution in [0.15, 0.2) is 18.2 Å². The Kier molecular flexibility index (Phi) is 3.48. The fourth-order valence-electron chi connectivity index (χ4n) is 3.89. The van der Waals surface area contributed by atoms with E-state index in [1.807, 2.05) is 6.07 Å². The molecule has 1 N–H and O–H groups in total. The molecule has 2 aliphatic rings. The second-order valence-electron chi connectivity index (χ2n) is 5.94. The van der Waals surface area contributed by atoms with Gasteiger partial charge in [-0.3, -0.25) is 0 Å². The Labute approximate surface area is 114 Å². The molecular formula is C16H22FNO. The second kappa shape index (κ2) is 5.12. The third kappa shape index (κ3) is 2.25. The zero-order chi connectivity index (χ0) is 13.4. The van der Waals surface area contributed by atoms with Gasteiger partial charge in [0.25, 0.3) is 0 Å². The van der Waals surface area contributed by atoms with Gasteiger partial charge in [-0.1, -0.05) is 18.9 Å². The molecule has 1 heterocycles. The fraction of sp³-hybridized carbons (Fsp3) is 0.625. The van der Waals surface area contributed by atoms with Crippen LogP contribution in [0.3, 0.4) is 0 Å². The third-order valence-corrected chi connectivity index (χ3v) is 4.77. The molecule has 0 radical (unpaired) electrons. The van der Waals surface area contributed by atoms with Crippen molar-refractivity contribution in [2.75, 3.05) is 11.4 Å². The van der Waals surface area contributed by atoms with E-state index in [0.29, 0.717) is 11.6 Å². The number of benzene rings is 1. The number of aliphatic hydroxyl groups excluding tert-OH is 1. The minimum atomic E-state index is -0.751. The van der Waals surface area contributed by atoms with Gasteiger partial charge in [-0.05, 0) is 44.2 Å². The number of rotatable bonds is 2. The zero-order valence-electron chi connectivity index (χ0n) is 11.5. The van der Waals surface area contributed by atoms with Gasteiger partial charge in [0.15, 0.2) is 0 Å². The third-order valence-electron chi connectivity index (χ3n) is 4.77. The summed E-state index contributed by atoms with van der Waals surface area (Å²) in [5.74, 6) is 0.477. The maximum atomic E-state index is 14.0. The Morgan fingerprint density at radius 2 is 2.05 bits per heavy atom. The summed E-state index contributed by atoms with van der Waals surface area (Å²) in [5, 5.41) is 9.88. The van der Waals surface area contributed by atoms with E-state index in [9.17, 15) is 9.50 Å². The average Bonchev–Trinajstić information content (AvgIpc) is 2.81. The van der Waals surface area contributed by atoms with Crippen molar-refractivity contribution in [2.45, 2.75) is 51.2 Å². The van der Waals surface area contributed by atoms with Gasteiger partial charge in [-0.15, -0.1) is 0 Å². The van der Waals surface area contributed by atoms with E-state index >= 15 is 0 Å². The van der Waals surface area contributed by atoms with E-state index in [-0.39, 0.29) is 5.82 Å². The van der Waals surface area contributed by atoms with E-state index in [4.69, 9.17) is 0 Å². The maximum absolute atomic E-state index is 14.0. The second-order valence-corrected chi connectivity index (χ2v) is 5.94. The van der Waals surface area contributed by atoms with Crippen LogP contribution in [0.1, 0.15) is 50.7 Å². The number of halogens is 1. The van der Waals surface area contributed by atoms with Gasteiger partial charge in [0, 0.05) is 23.8 Å². The molecule has 2 nitrogen and oxygen atoms in total. The highest BCUT2D eigenvalue weighted by Gasteiger charge is 2.37. The summed E-state index contributed by atoms with van der Waals surface area (Å²) in [6, 6.07) is 5.71. The number of anilines is 1. The molecule has 3 heteroatoms. The van der Waals surface area contributed by atoms with Crippen molar-refractivity contribution in [3.63, 3.8) is 0 Å². The van der Waals surface area contributed by atoms with E-state index in [0.717, 1.165) is 18.2 Å². The van der Waals surface area contributed by atoms with Crippen molar-refractivity contribution in [3.8, 4) is 0 Å². The van der Waals surface area contributed by atoms with Gasteiger partial charge < -0.3 is 10.0 Å². The first-order valence-corrected chi connectivity index (χ1v) is 7.41. The smallest absolute Gasteiger partial charge is 0.131 e. The van der Waals surface area contributed by atoms with Crippen molar-refractivity contribution in [1.82, 2.24) is 0 Å². The molecule has 2 unspecified atom stereocenters. The van der Waals surface area contributed by atoms with Crippen LogP contribution in [-0.4, -0.2) is 17.7 Å². The van der Waals surface area contributed by atoms with Gasteiger partial charge in [-0.2, -0.15) is 0 Å². The molecule has 0 spiro atoms. The fourth-order valence-corrected chi connectivity index (χ4v) is 3.89. The number of nitrogens with zero attached hydrogens (tertiary/aromatic N) is 1. The van der Waals surface area contributed by atoms with Crippen LogP contribution >= 0.6 is 0 Å². The first kappa shape index (κ1) is 12.9. The van der Waals surface area contributed by atoms with Crippen LogP contribution in [-0.2, 0) is 0 Å². The Hall–Kier alpha value is -1.09. The van der Waals surface area contributed by atoms with E-state index in [1.54, 1.807) is 13.0 Å². The summed E-state index contributed by atoms with van der Waals surface area (Å²) in [5.41, 5.74) is 1.37. The molecule has 0 amide bonds. The van der Waals surface area contributed by atoms with Gasteiger partial charge in [0.2, 0.25) is 0 Å². The Morgan fingerprint density at radius 3 is 2.84 bits per heavy atom. The first-order valence-electron chi connectivity index (χ1n) is 7.41. The molecule has 0 aromatic heterocycles. The van der Waals surface area contributed by atoms with Gasteiger partial charge in [0.05, 0.1) is 6.10 Å². The minimum absolute atomic E-state index is 0.285. The Balaban J connectivity index is 1.96. The van der Waals surface area contributed by atoms with Crippen molar-refractivity contribution in [3.05, 3.63) is 29.6 Å². The van der Waals surface area contributed by atoms with E-state index in [1.165, 1.54) is 38.2 Å². The number of aliphatic hydroxyl groups is 1. The summed E-state index contributed by atoms with van der Waals surface area (Å²) in [6.07, 6.45) is 5.58. The summed E-state index contributed by atoms with van der Waals surface area (Å²) in [7, 11) is 0. The SMILES string of the molecule is C[C@H](O)c1c(F)cccc1N1CCC2CCCCC21. The standard InChI is InChI=1S/C16H22FNO/c1-11(19)16-13(17)6-4-8-15(16)18-10-9-12-5-2-3-7-14(12)18/h4,6,8,11-12,14,19H,2-3,5,7,9-10H2,1H3/t11-,12?,14?/m0/s1. The lowest BCUT2D eigenvalue weighted by molar-refractivity contribution is 0.194. The van der Waals surface area contributed by atoms with Crippen LogP contribution in [0.5, 0.6) is 0 Å². The van der Waals surface area contributed by atoms with Crippen LogP contribution in [0.4, 0.5) is 10.1 Å². The van der Waals surface area contributed by atoms with Crippen molar-refractivity contribution < 1.29 is 9.50 Å². The number of fused-ring (bicyclic) bond motifs is 1. The highest BCUT2D eigenvalue weighted by Crippen LogP contribution is 2.41. The average molecular weight is 263 g/mol. The predicted molar refractivity (Wildman–Crippen MR) is 74.7 cm³/mol. The quantitative estimate of drug-likeness (QED) is 0.880. The Bertz CT molecular complexity index is 460. The molecule has 1 aliphatic heterocycles. The van der Waals surface area contributed by atoms with Gasteiger partial charge in [0.1, 0.15) is 5.82 Å². The topological polar surface area (TPSA) is 23.5 Å². The molecule has 1 aromatic rings. The maximum Gasteiger partial charge on any atom is 0.131 e. The summed E-state index contributed by atoms with van der Waals surface area (Å²) in [6.45, 7) is 2.65. The molecule has 1 aromatic carbocycles. The molecule has 19 heavy (non-hydrogen) atoms. The van der Waals surface area contributed by atoms with Crippen LogP contribution < -0.4 is 4.90 Å². The molecule has 1 saturated carbocycles. The molecular weight excluding hydrogens is 241 g/mol. The van der Waals surface area contributed by atoms with E-state index < -0.39 is 6.10 Å². The summed E-state index contributed by atoms with van der Waals surface area (Å²) < 4.78 is 14.0. The molecule has 3 atom stereocenters. The van der Waals surface area contributed by atoms with Crippen molar-refractivity contribution in [1.29, 1.82) is 0 Å². The van der Waals surface area contributed by atoms with Crippen LogP contribution in [0.25, 0.3) is 0 Å². The lowest BCUT2D eigenvalue weighted by Crippen LogP contribution is -2.35. The highest BCUT2D eigenvalue weighted by molar-refractivity contribution is 5.57. The van der Waals surface area contributed by atoms with E-state index in [2.05, 4.69) is 4.90 Å². The monoisotopic (exact) mass is 263 g/mol. The molecule has 2 fully saturated rings. The molecule has 104 valence electrons. The number of hydrogen-bond acceptors (Lipinski definition) is 2. The first-order chi connectivity index (χ1) is 9.18. The molecule has 1 aliphatic carbocycles. The van der Waals surface area contributed by atoms with Gasteiger partial charge in [-0.25, -0.2) is 4.39 Å². The van der Waals surface area contributed by atoms with Crippen LogP contribution in [0, 0.1) is 11.7 Å². The molecule has 0 bridgehead atoms. The lowest BCUT2D eigenvalue weighted by atomic mass is 9.85. The molecule has 3 rings (SSSR count). The van der Waals surface area contributed by atoms with Crippen molar-refractivity contribution >= 4 is 5.69 Å². The lowest BCUT2D eigenvalue weighted by Gasteiger charge is -2.34. The largest absolute Gasteiger partial charge is 0.389 e. The summed E-state index contributed by atoms with van der Waals surface area (Å²) >= 11 is 0. The number of hydrogen-bond donors (Lipinski definition) is 1. The normalized spacial score (nSPS) is 28.3. The molecule has 1 saturated heterocycles. The summed E-state index contributed by atoms with van der Waals surface area (Å²) in [4.78, 5) is 2.34. The predicted octanol–water partition coefficient (Wildman–Crippen LogP) is 3.65. The van der Waals surface area contributed by atoms with Gasteiger partial charge >= 0.3 is 0 Å².